The molecule has 1 fully saturated rings. The van der Waals surface area contributed by atoms with Crippen LogP contribution < -0.4 is 19.5 Å². The van der Waals surface area contributed by atoms with Crippen LogP contribution in [0, 0.1) is 0 Å². The molecular weight excluding hydrogens is 530 g/mol. The van der Waals surface area contributed by atoms with E-state index in [-0.39, 0.29) is 30.8 Å². The number of carbonyl (C=O) groups excluding carboxylic acids is 2. The van der Waals surface area contributed by atoms with Gasteiger partial charge in [0.15, 0.2) is 11.5 Å². The Balaban J connectivity index is 1.57. The second-order valence-corrected chi connectivity index (χ2v) is 10.8. The van der Waals surface area contributed by atoms with Crippen molar-refractivity contribution in [2.24, 2.45) is 0 Å². The molecule has 8 heteroatoms. The number of fused-ring (bicyclic) bond motifs is 1. The van der Waals surface area contributed by atoms with E-state index >= 15 is 0 Å². The van der Waals surface area contributed by atoms with Gasteiger partial charge in [-0.15, -0.1) is 0 Å². The molecule has 220 valence electrons. The molecule has 0 unspecified atom stereocenters. The zero-order valence-corrected chi connectivity index (χ0v) is 24.5. The molecule has 1 aliphatic carbocycles. The van der Waals surface area contributed by atoms with Gasteiger partial charge in [-0.05, 0) is 59.9 Å². The third-order valence-corrected chi connectivity index (χ3v) is 8.06. The van der Waals surface area contributed by atoms with Crippen LogP contribution in [0.5, 0.6) is 17.2 Å². The van der Waals surface area contributed by atoms with Crippen LogP contribution in [0.15, 0.2) is 72.9 Å². The van der Waals surface area contributed by atoms with Gasteiger partial charge in [-0.2, -0.15) is 0 Å². The van der Waals surface area contributed by atoms with Crippen LogP contribution in [0.4, 0.5) is 0 Å². The van der Waals surface area contributed by atoms with E-state index in [0.717, 1.165) is 47.7 Å². The Morgan fingerprint density at radius 1 is 0.905 bits per heavy atom. The van der Waals surface area contributed by atoms with Gasteiger partial charge in [0.05, 0.1) is 27.8 Å². The van der Waals surface area contributed by atoms with Gasteiger partial charge in [-0.3, -0.25) is 9.59 Å². The van der Waals surface area contributed by atoms with Crippen molar-refractivity contribution in [2.75, 3.05) is 21.3 Å². The molecule has 0 aliphatic heterocycles. The van der Waals surface area contributed by atoms with Crippen molar-refractivity contribution in [1.82, 2.24) is 15.2 Å². The van der Waals surface area contributed by atoms with Crippen LogP contribution in [0.3, 0.4) is 0 Å². The van der Waals surface area contributed by atoms with Crippen LogP contribution in [-0.4, -0.2) is 49.1 Å². The summed E-state index contributed by atoms with van der Waals surface area (Å²) >= 11 is 0. The molecule has 8 nitrogen and oxygen atoms in total. The third-order valence-electron chi connectivity index (χ3n) is 8.06. The number of rotatable bonds is 11. The highest BCUT2D eigenvalue weighted by Gasteiger charge is 2.34. The first-order valence-corrected chi connectivity index (χ1v) is 14.5. The summed E-state index contributed by atoms with van der Waals surface area (Å²) in [6.45, 7) is 0.218. The van der Waals surface area contributed by atoms with Gasteiger partial charge in [0, 0.05) is 29.7 Å². The topological polar surface area (TPSA) is 92.9 Å². The Bertz CT molecular complexity index is 1520. The quantitative estimate of drug-likeness (QED) is 0.233. The summed E-state index contributed by atoms with van der Waals surface area (Å²) in [7, 11) is 4.75. The number of hydrogen-bond donors (Lipinski definition) is 2. The second-order valence-electron chi connectivity index (χ2n) is 10.8. The number of hydrogen-bond acceptors (Lipinski definition) is 5. The Hall–Kier alpha value is -4.46. The average molecular weight is 570 g/mol. The van der Waals surface area contributed by atoms with Gasteiger partial charge < -0.3 is 29.4 Å². The Morgan fingerprint density at radius 2 is 1.69 bits per heavy atom. The Kier molecular flexibility index (Phi) is 9.31. The number of aromatic amines is 1. The van der Waals surface area contributed by atoms with Gasteiger partial charge in [0.1, 0.15) is 11.8 Å². The first-order valence-electron chi connectivity index (χ1n) is 14.5. The number of H-pyrrole nitrogens is 1. The Morgan fingerprint density at radius 3 is 2.45 bits per heavy atom. The molecule has 1 aromatic heterocycles. The monoisotopic (exact) mass is 569 g/mol. The zero-order chi connectivity index (χ0) is 29.5. The fourth-order valence-corrected chi connectivity index (χ4v) is 5.86. The minimum atomic E-state index is -0.893. The smallest absolute Gasteiger partial charge is 0.247 e. The van der Waals surface area contributed by atoms with E-state index in [0.29, 0.717) is 22.8 Å². The molecule has 4 aromatic rings. The van der Waals surface area contributed by atoms with Gasteiger partial charge in [-0.25, -0.2) is 0 Å². The maximum absolute atomic E-state index is 14.3. The summed E-state index contributed by atoms with van der Waals surface area (Å²) in [5, 5.41) is 4.27. The van der Waals surface area contributed by atoms with Gasteiger partial charge >= 0.3 is 0 Å². The van der Waals surface area contributed by atoms with Gasteiger partial charge in [0.2, 0.25) is 11.8 Å². The van der Waals surface area contributed by atoms with Crippen LogP contribution in [0.25, 0.3) is 10.9 Å². The van der Waals surface area contributed by atoms with E-state index in [9.17, 15) is 9.59 Å². The van der Waals surface area contributed by atoms with Gasteiger partial charge in [-0.1, -0.05) is 55.7 Å². The molecule has 2 N–H and O–H groups in total. The van der Waals surface area contributed by atoms with Crippen molar-refractivity contribution >= 4 is 22.7 Å². The summed E-state index contributed by atoms with van der Waals surface area (Å²) in [5.74, 6) is 1.37. The van der Waals surface area contributed by atoms with E-state index in [2.05, 4.69) is 10.3 Å². The number of nitrogens with one attached hydrogen (secondary N) is 2. The normalized spacial score (nSPS) is 14.3. The fourth-order valence-electron chi connectivity index (χ4n) is 5.86. The SMILES string of the molecule is COc1cccc(CN(C(=O)Cc2c[nH]c3ccccc23)[C@H](C(=O)NC2CCCCC2)c2ccc(OC)c(OC)c2)c1. The molecule has 1 aliphatic rings. The second kappa shape index (κ2) is 13.5. The van der Waals surface area contributed by atoms with Crippen LogP contribution in [0.1, 0.15) is 54.8 Å². The number of aromatic nitrogens is 1. The predicted molar refractivity (Wildman–Crippen MR) is 163 cm³/mol. The number of carbonyl (C=O) groups is 2. The maximum atomic E-state index is 14.3. The summed E-state index contributed by atoms with van der Waals surface area (Å²) in [5.41, 5.74) is 3.35. The lowest BCUT2D eigenvalue weighted by molar-refractivity contribution is -0.141. The van der Waals surface area contributed by atoms with Crippen molar-refractivity contribution in [1.29, 1.82) is 0 Å². The molecule has 2 amide bonds. The van der Waals surface area contributed by atoms with Crippen LogP contribution >= 0.6 is 0 Å². The van der Waals surface area contributed by atoms with E-state index in [1.165, 1.54) is 6.42 Å². The zero-order valence-electron chi connectivity index (χ0n) is 24.5. The lowest BCUT2D eigenvalue weighted by Crippen LogP contribution is -2.47. The standard InChI is InChI=1S/C34H39N3O5/c1-40-27-13-9-10-23(18-27)22-37(32(38)20-25-21-35-29-15-8-7-14-28(25)29)33(34(39)36-26-11-5-4-6-12-26)24-16-17-30(41-2)31(19-24)42-3/h7-10,13-19,21,26,33,35H,4-6,11-12,20,22H2,1-3H3,(H,36,39)/t33-/m0/s1. The highest BCUT2D eigenvalue weighted by molar-refractivity contribution is 5.92. The molecule has 1 heterocycles. The molecule has 1 atom stereocenters. The number of ether oxygens (including phenoxy) is 3. The molecule has 0 spiro atoms. The summed E-state index contributed by atoms with van der Waals surface area (Å²) in [6, 6.07) is 20.1. The molecule has 42 heavy (non-hydrogen) atoms. The molecule has 1 saturated carbocycles. The Labute approximate surface area is 247 Å². The first kappa shape index (κ1) is 29.0. The summed E-state index contributed by atoms with van der Waals surface area (Å²) in [4.78, 5) is 33.5. The molecule has 0 saturated heterocycles. The highest BCUT2D eigenvalue weighted by atomic mass is 16.5. The van der Waals surface area contributed by atoms with E-state index in [1.54, 1.807) is 38.4 Å². The maximum Gasteiger partial charge on any atom is 0.247 e. The summed E-state index contributed by atoms with van der Waals surface area (Å²) < 4.78 is 16.5. The third kappa shape index (κ3) is 6.54. The minimum absolute atomic E-state index is 0.0799. The number of methoxy groups -OCH3 is 3. The van der Waals surface area contributed by atoms with Crippen molar-refractivity contribution in [2.45, 2.75) is 57.2 Å². The average Bonchev–Trinajstić information content (AvgIpc) is 3.43. The number of amides is 2. The fraction of sp³-hybridized carbons (Fsp3) is 0.353. The van der Waals surface area contributed by atoms with E-state index in [4.69, 9.17) is 14.2 Å². The minimum Gasteiger partial charge on any atom is -0.497 e. The van der Waals surface area contributed by atoms with E-state index in [1.807, 2.05) is 60.8 Å². The first-order chi connectivity index (χ1) is 20.5. The molecular formula is C34H39N3O5. The van der Waals surface area contributed by atoms with Crippen molar-refractivity contribution < 1.29 is 23.8 Å². The molecule has 5 rings (SSSR count). The molecule has 0 radical (unpaired) electrons. The molecule has 0 bridgehead atoms. The lowest BCUT2D eigenvalue weighted by Gasteiger charge is -2.34. The van der Waals surface area contributed by atoms with Crippen molar-refractivity contribution in [3.05, 3.63) is 89.6 Å². The predicted octanol–water partition coefficient (Wildman–Crippen LogP) is 5.96. The van der Waals surface area contributed by atoms with Crippen LogP contribution in [-0.2, 0) is 22.6 Å². The van der Waals surface area contributed by atoms with Crippen LogP contribution in [0.2, 0.25) is 0 Å². The largest absolute Gasteiger partial charge is 0.497 e. The molecule has 3 aromatic carbocycles. The number of para-hydroxylation sites is 1. The van der Waals surface area contributed by atoms with Crippen molar-refractivity contribution in [3.63, 3.8) is 0 Å². The van der Waals surface area contributed by atoms with Gasteiger partial charge in [0.25, 0.3) is 0 Å². The lowest BCUT2D eigenvalue weighted by atomic mass is 9.94. The number of nitrogens with zero attached hydrogens (tertiary/aromatic N) is 1. The summed E-state index contributed by atoms with van der Waals surface area (Å²) in [6.07, 6.45) is 7.22. The van der Waals surface area contributed by atoms with Crippen molar-refractivity contribution in [3.8, 4) is 17.2 Å². The van der Waals surface area contributed by atoms with E-state index < -0.39 is 6.04 Å². The highest BCUT2D eigenvalue weighted by Crippen LogP contribution is 2.34. The number of benzene rings is 3.